The van der Waals surface area contributed by atoms with E-state index in [9.17, 15) is 0 Å². The predicted octanol–water partition coefficient (Wildman–Crippen LogP) is 3.94. The first-order valence-electron chi connectivity index (χ1n) is 8.05. The molecule has 0 aliphatic heterocycles. The smallest absolute Gasteiger partial charge is 0.120 e. The van der Waals surface area contributed by atoms with Gasteiger partial charge < -0.3 is 14.2 Å². The van der Waals surface area contributed by atoms with Crippen LogP contribution in [0.25, 0.3) is 10.9 Å². The van der Waals surface area contributed by atoms with Gasteiger partial charge in [-0.1, -0.05) is 6.92 Å². The fourth-order valence-corrected chi connectivity index (χ4v) is 2.82. The summed E-state index contributed by atoms with van der Waals surface area (Å²) in [5.74, 6) is 0.980. The van der Waals surface area contributed by atoms with Crippen LogP contribution in [0, 0.1) is 0 Å². The average molecular weight is 288 g/mol. The lowest BCUT2D eigenvalue weighted by atomic mass is 10.1. The average Bonchev–Trinajstić information content (AvgIpc) is 2.77. The van der Waals surface area contributed by atoms with Crippen molar-refractivity contribution in [3.63, 3.8) is 0 Å². The molecule has 0 N–H and O–H groups in total. The molecule has 0 aliphatic carbocycles. The van der Waals surface area contributed by atoms with Crippen LogP contribution in [-0.4, -0.2) is 36.7 Å². The molecule has 3 nitrogen and oxygen atoms in total. The molecule has 1 aromatic carbocycles. The van der Waals surface area contributed by atoms with Crippen LogP contribution in [0.3, 0.4) is 0 Å². The van der Waals surface area contributed by atoms with Gasteiger partial charge in [0.25, 0.3) is 0 Å². The molecule has 21 heavy (non-hydrogen) atoms. The summed E-state index contributed by atoms with van der Waals surface area (Å²) in [5, 5.41) is 1.35. The zero-order chi connectivity index (χ0) is 15.2. The summed E-state index contributed by atoms with van der Waals surface area (Å²) in [6.07, 6.45) is 5.81. The predicted molar refractivity (Wildman–Crippen MR) is 90.3 cm³/mol. The molecule has 3 heteroatoms. The number of fused-ring (bicyclic) bond motifs is 1. The zero-order valence-corrected chi connectivity index (χ0v) is 13.9. The van der Waals surface area contributed by atoms with E-state index in [-0.39, 0.29) is 0 Å². The third-order valence-corrected chi connectivity index (χ3v) is 3.76. The molecule has 0 saturated heterocycles. The van der Waals surface area contributed by atoms with Gasteiger partial charge >= 0.3 is 0 Å². The summed E-state index contributed by atoms with van der Waals surface area (Å²) in [6.45, 7) is 7.19. The first-order valence-corrected chi connectivity index (χ1v) is 8.05. The fraction of sp³-hybridized carbons (Fsp3) is 0.556. The normalized spacial score (nSPS) is 11.5. The first kappa shape index (κ1) is 15.9. The van der Waals surface area contributed by atoms with E-state index < -0.39 is 0 Å². The Bertz CT molecular complexity index is 572. The van der Waals surface area contributed by atoms with E-state index in [4.69, 9.17) is 4.74 Å². The Balaban J connectivity index is 2.29. The van der Waals surface area contributed by atoms with Gasteiger partial charge in [-0.25, -0.2) is 0 Å². The second kappa shape index (κ2) is 7.51. The van der Waals surface area contributed by atoms with Crippen LogP contribution >= 0.6 is 0 Å². The van der Waals surface area contributed by atoms with E-state index in [1.807, 2.05) is 6.92 Å². The molecule has 1 aromatic heterocycles. The monoisotopic (exact) mass is 288 g/mol. The summed E-state index contributed by atoms with van der Waals surface area (Å²) >= 11 is 0. The number of nitrogens with zero attached hydrogens (tertiary/aromatic N) is 2. The van der Waals surface area contributed by atoms with E-state index in [1.165, 1.54) is 22.9 Å². The maximum absolute atomic E-state index is 5.66. The van der Waals surface area contributed by atoms with Crippen molar-refractivity contribution < 1.29 is 4.74 Å². The van der Waals surface area contributed by atoms with Crippen LogP contribution in [0.2, 0.25) is 0 Å². The van der Waals surface area contributed by atoms with E-state index in [2.05, 4.69) is 54.9 Å². The highest BCUT2D eigenvalue weighted by molar-refractivity contribution is 5.85. The number of ether oxygens (including phenoxy) is 1. The molecule has 2 rings (SSSR count). The number of hydrogen-bond acceptors (Lipinski definition) is 2. The highest BCUT2D eigenvalue weighted by atomic mass is 16.5. The van der Waals surface area contributed by atoms with Crippen molar-refractivity contribution in [2.75, 3.05) is 27.2 Å². The van der Waals surface area contributed by atoms with E-state index in [1.54, 1.807) is 0 Å². The van der Waals surface area contributed by atoms with Gasteiger partial charge in [0.05, 0.1) is 6.61 Å². The Hall–Kier alpha value is -1.48. The second-order valence-electron chi connectivity index (χ2n) is 5.87. The Morgan fingerprint density at radius 2 is 2.00 bits per heavy atom. The number of aryl methyl sites for hydroxylation is 2. The van der Waals surface area contributed by atoms with Crippen molar-refractivity contribution >= 4 is 10.9 Å². The Morgan fingerprint density at radius 3 is 2.67 bits per heavy atom. The Labute approximate surface area is 128 Å². The molecular weight excluding hydrogens is 260 g/mol. The number of benzene rings is 1. The van der Waals surface area contributed by atoms with Gasteiger partial charge in [0.1, 0.15) is 5.75 Å². The Kier molecular flexibility index (Phi) is 5.68. The minimum absolute atomic E-state index is 0.719. The Morgan fingerprint density at radius 1 is 1.19 bits per heavy atom. The van der Waals surface area contributed by atoms with Gasteiger partial charge in [0, 0.05) is 23.6 Å². The molecule has 0 amide bonds. The van der Waals surface area contributed by atoms with Crippen molar-refractivity contribution in [2.45, 2.75) is 39.7 Å². The lowest BCUT2D eigenvalue weighted by Gasteiger charge is -2.08. The van der Waals surface area contributed by atoms with E-state index in [0.29, 0.717) is 0 Å². The third-order valence-electron chi connectivity index (χ3n) is 3.76. The SMILES string of the molecule is CCCn1cc(CCCN(C)C)c2cc(OCC)ccc21. The van der Waals surface area contributed by atoms with Crippen LogP contribution in [0.4, 0.5) is 0 Å². The van der Waals surface area contributed by atoms with E-state index in [0.717, 1.165) is 38.3 Å². The molecule has 0 radical (unpaired) electrons. The third kappa shape index (κ3) is 4.01. The lowest BCUT2D eigenvalue weighted by molar-refractivity contribution is 0.340. The van der Waals surface area contributed by atoms with Crippen LogP contribution in [0.1, 0.15) is 32.3 Å². The quantitative estimate of drug-likeness (QED) is 0.732. The van der Waals surface area contributed by atoms with Gasteiger partial charge in [-0.3, -0.25) is 0 Å². The van der Waals surface area contributed by atoms with Crippen molar-refractivity contribution in [3.05, 3.63) is 30.0 Å². The first-order chi connectivity index (χ1) is 10.2. The molecule has 0 aliphatic rings. The molecule has 0 unspecified atom stereocenters. The molecule has 2 aromatic rings. The molecule has 0 saturated carbocycles. The minimum Gasteiger partial charge on any atom is -0.494 e. The second-order valence-corrected chi connectivity index (χ2v) is 5.87. The molecule has 116 valence electrons. The molecule has 0 spiro atoms. The van der Waals surface area contributed by atoms with Gasteiger partial charge in [0.15, 0.2) is 0 Å². The highest BCUT2D eigenvalue weighted by Gasteiger charge is 2.09. The lowest BCUT2D eigenvalue weighted by Crippen LogP contribution is -2.13. The molecule has 0 atom stereocenters. The minimum atomic E-state index is 0.719. The molecule has 0 fully saturated rings. The number of rotatable bonds is 8. The van der Waals surface area contributed by atoms with Crippen molar-refractivity contribution in [2.24, 2.45) is 0 Å². The standard InChI is InChI=1S/C18H28N2O/c1-5-11-20-14-15(8-7-12-19(3)4)17-13-16(21-6-2)9-10-18(17)20/h9-10,13-14H,5-8,11-12H2,1-4H3. The van der Waals surface area contributed by atoms with E-state index >= 15 is 0 Å². The summed E-state index contributed by atoms with van der Waals surface area (Å²) < 4.78 is 8.05. The largest absolute Gasteiger partial charge is 0.494 e. The molecule has 0 bridgehead atoms. The van der Waals surface area contributed by atoms with Crippen LogP contribution in [0.5, 0.6) is 5.75 Å². The maximum Gasteiger partial charge on any atom is 0.120 e. The van der Waals surface area contributed by atoms with Gasteiger partial charge in [-0.05, 0) is 70.6 Å². The van der Waals surface area contributed by atoms with Crippen LogP contribution in [0.15, 0.2) is 24.4 Å². The highest BCUT2D eigenvalue weighted by Crippen LogP contribution is 2.27. The summed E-state index contributed by atoms with van der Waals surface area (Å²) in [6, 6.07) is 6.49. The topological polar surface area (TPSA) is 17.4 Å². The van der Waals surface area contributed by atoms with Crippen LogP contribution < -0.4 is 4.74 Å². The maximum atomic E-state index is 5.66. The van der Waals surface area contributed by atoms with Crippen LogP contribution in [-0.2, 0) is 13.0 Å². The summed E-state index contributed by atoms with van der Waals surface area (Å²) in [7, 11) is 4.26. The number of aromatic nitrogens is 1. The molecule has 1 heterocycles. The van der Waals surface area contributed by atoms with Gasteiger partial charge in [-0.15, -0.1) is 0 Å². The summed E-state index contributed by atoms with van der Waals surface area (Å²) in [5.41, 5.74) is 2.78. The molecular formula is C18H28N2O. The van der Waals surface area contributed by atoms with Gasteiger partial charge in [0.2, 0.25) is 0 Å². The fourth-order valence-electron chi connectivity index (χ4n) is 2.82. The number of hydrogen-bond donors (Lipinski definition) is 0. The van der Waals surface area contributed by atoms with Gasteiger partial charge in [-0.2, -0.15) is 0 Å². The summed E-state index contributed by atoms with van der Waals surface area (Å²) in [4.78, 5) is 2.25. The van der Waals surface area contributed by atoms with Crippen molar-refractivity contribution in [1.29, 1.82) is 0 Å². The zero-order valence-electron chi connectivity index (χ0n) is 13.9. The van der Waals surface area contributed by atoms with Crippen molar-refractivity contribution in [3.8, 4) is 5.75 Å². The van der Waals surface area contributed by atoms with Crippen molar-refractivity contribution in [1.82, 2.24) is 9.47 Å².